The predicted octanol–water partition coefficient (Wildman–Crippen LogP) is 0.513. The summed E-state index contributed by atoms with van der Waals surface area (Å²) >= 11 is 0.952. The second-order valence-corrected chi connectivity index (χ2v) is 13.0. The number of aromatic nitrogens is 3. The van der Waals surface area contributed by atoms with Gasteiger partial charge in [-0.25, -0.2) is 13.2 Å². The van der Waals surface area contributed by atoms with Gasteiger partial charge in [-0.2, -0.15) is 0 Å². The molecular weight excluding hydrogens is 594 g/mol. The van der Waals surface area contributed by atoms with Crippen molar-refractivity contribution in [2.24, 2.45) is 5.73 Å². The molecule has 228 valence electrons. The SMILES string of the molecule is CS(=O)(=O)c1snnc1C1CCCN(Cc2cn(CC(N)=O)c3ccccc23)C1.O=C(O)CC(O)(CC(=O)O)C(=O)O. The third-order valence-electron chi connectivity index (χ3n) is 6.59. The lowest BCUT2D eigenvalue weighted by Gasteiger charge is -2.32. The highest BCUT2D eigenvalue weighted by atomic mass is 32.2. The molecule has 1 aliphatic rings. The van der Waals surface area contributed by atoms with E-state index in [2.05, 4.69) is 20.6 Å². The Morgan fingerprint density at radius 1 is 1.12 bits per heavy atom. The Kier molecular flexibility index (Phi) is 10.4. The number of aliphatic carboxylic acids is 3. The number of para-hydroxylation sites is 1. The van der Waals surface area contributed by atoms with Crippen LogP contribution in [0.3, 0.4) is 0 Å². The molecule has 17 heteroatoms. The Balaban J connectivity index is 0.000000316. The van der Waals surface area contributed by atoms with E-state index >= 15 is 0 Å². The maximum atomic E-state index is 12.0. The van der Waals surface area contributed by atoms with E-state index in [9.17, 15) is 27.6 Å². The quantitative estimate of drug-likeness (QED) is 0.195. The largest absolute Gasteiger partial charge is 0.481 e. The van der Waals surface area contributed by atoms with Crippen LogP contribution in [0.5, 0.6) is 0 Å². The smallest absolute Gasteiger partial charge is 0.336 e. The minimum atomic E-state index is -3.32. The maximum Gasteiger partial charge on any atom is 0.336 e. The van der Waals surface area contributed by atoms with E-state index in [-0.39, 0.29) is 22.6 Å². The van der Waals surface area contributed by atoms with Crippen LogP contribution in [0.4, 0.5) is 0 Å². The first-order chi connectivity index (χ1) is 19.6. The van der Waals surface area contributed by atoms with Gasteiger partial charge < -0.3 is 30.7 Å². The Morgan fingerprint density at radius 3 is 2.33 bits per heavy atom. The summed E-state index contributed by atoms with van der Waals surface area (Å²) in [4.78, 5) is 44.2. The van der Waals surface area contributed by atoms with Crippen LogP contribution in [-0.2, 0) is 42.1 Å². The molecule has 1 aliphatic heterocycles. The molecule has 3 heterocycles. The average Bonchev–Trinajstić information content (AvgIpc) is 3.50. The third kappa shape index (κ3) is 8.31. The summed E-state index contributed by atoms with van der Waals surface area (Å²) in [6, 6.07) is 7.97. The van der Waals surface area contributed by atoms with Crippen molar-refractivity contribution in [1.29, 1.82) is 0 Å². The van der Waals surface area contributed by atoms with Crippen molar-refractivity contribution in [1.82, 2.24) is 19.1 Å². The maximum absolute atomic E-state index is 12.0. The Labute approximate surface area is 244 Å². The number of carbonyl (C=O) groups is 4. The van der Waals surface area contributed by atoms with Crippen LogP contribution in [0.1, 0.15) is 42.9 Å². The first-order valence-corrected chi connectivity index (χ1v) is 15.3. The fourth-order valence-electron chi connectivity index (χ4n) is 4.82. The van der Waals surface area contributed by atoms with Crippen molar-refractivity contribution in [2.45, 2.75) is 54.5 Å². The van der Waals surface area contributed by atoms with Crippen molar-refractivity contribution < 1.29 is 48.0 Å². The molecule has 1 saturated heterocycles. The van der Waals surface area contributed by atoms with Crippen LogP contribution in [0, 0.1) is 0 Å². The Hall–Kier alpha value is -3.93. The van der Waals surface area contributed by atoms with E-state index in [1.807, 2.05) is 29.0 Å². The highest BCUT2D eigenvalue weighted by Gasteiger charge is 2.40. The van der Waals surface area contributed by atoms with Gasteiger partial charge in [-0.3, -0.25) is 19.3 Å². The van der Waals surface area contributed by atoms with Gasteiger partial charge in [0, 0.05) is 53.9 Å². The summed E-state index contributed by atoms with van der Waals surface area (Å²) < 4.78 is 30.1. The van der Waals surface area contributed by atoms with E-state index in [0.29, 0.717) is 12.2 Å². The van der Waals surface area contributed by atoms with Crippen LogP contribution in [0.2, 0.25) is 0 Å². The molecule has 0 bridgehead atoms. The summed E-state index contributed by atoms with van der Waals surface area (Å²) in [6.07, 6.45) is 2.77. The van der Waals surface area contributed by atoms with Gasteiger partial charge in [0.1, 0.15) is 6.54 Å². The van der Waals surface area contributed by atoms with Gasteiger partial charge in [0.15, 0.2) is 19.6 Å². The zero-order valence-corrected chi connectivity index (χ0v) is 24.2. The van der Waals surface area contributed by atoms with Crippen LogP contribution < -0.4 is 5.73 Å². The molecule has 3 aromatic rings. The lowest BCUT2D eigenvalue weighted by molar-refractivity contribution is -0.170. The molecule has 1 fully saturated rings. The number of likely N-dealkylation sites (tertiary alicyclic amines) is 1. The molecule has 0 spiro atoms. The molecule has 1 atom stereocenters. The normalized spacial score (nSPS) is 16.0. The van der Waals surface area contributed by atoms with Crippen LogP contribution >= 0.6 is 11.5 Å². The molecule has 0 saturated carbocycles. The molecule has 0 radical (unpaired) electrons. The summed E-state index contributed by atoms with van der Waals surface area (Å²) in [7, 11) is -3.32. The van der Waals surface area contributed by atoms with E-state index in [1.165, 1.54) is 6.26 Å². The number of carboxylic acid groups (broad SMARTS) is 3. The number of carbonyl (C=O) groups excluding carboxylic acids is 1. The fraction of sp³-hybridized carbons (Fsp3) is 0.440. The van der Waals surface area contributed by atoms with Gasteiger partial charge in [-0.1, -0.05) is 22.7 Å². The van der Waals surface area contributed by atoms with Crippen molar-refractivity contribution in [3.05, 3.63) is 41.7 Å². The molecule has 4 rings (SSSR count). The number of rotatable bonds is 11. The number of carboxylic acids is 3. The first-order valence-electron chi connectivity index (χ1n) is 12.6. The number of hydrogen-bond acceptors (Lipinski definition) is 11. The number of piperidine rings is 1. The van der Waals surface area contributed by atoms with E-state index in [1.54, 1.807) is 0 Å². The second-order valence-electron chi connectivity index (χ2n) is 10.0. The average molecular weight is 626 g/mol. The van der Waals surface area contributed by atoms with E-state index < -0.39 is 46.2 Å². The number of nitrogens with two attached hydrogens (primary N) is 1. The monoisotopic (exact) mass is 625 g/mol. The molecule has 0 aliphatic carbocycles. The number of amides is 1. The third-order valence-corrected chi connectivity index (χ3v) is 9.14. The number of fused-ring (bicyclic) bond motifs is 1. The summed E-state index contributed by atoms with van der Waals surface area (Å²) in [6.45, 7) is 2.51. The topological polar surface area (TPSA) is 243 Å². The number of hydrogen-bond donors (Lipinski definition) is 5. The van der Waals surface area contributed by atoms with Crippen LogP contribution in [0.15, 0.2) is 34.7 Å². The number of primary amides is 1. The molecular formula is C25H31N5O10S2. The van der Waals surface area contributed by atoms with Gasteiger partial charge in [0.05, 0.1) is 18.5 Å². The molecule has 15 nitrogen and oxygen atoms in total. The van der Waals surface area contributed by atoms with Crippen molar-refractivity contribution in [3.8, 4) is 0 Å². The summed E-state index contributed by atoms with van der Waals surface area (Å²) in [5, 5.41) is 39.1. The lowest BCUT2D eigenvalue weighted by atomic mass is 9.95. The molecule has 6 N–H and O–H groups in total. The Morgan fingerprint density at radius 2 is 1.76 bits per heavy atom. The molecule has 42 heavy (non-hydrogen) atoms. The van der Waals surface area contributed by atoms with Gasteiger partial charge >= 0.3 is 17.9 Å². The summed E-state index contributed by atoms with van der Waals surface area (Å²) in [5.74, 6) is -5.35. The number of benzene rings is 1. The predicted molar refractivity (Wildman–Crippen MR) is 148 cm³/mol. The Bertz CT molecular complexity index is 1570. The van der Waals surface area contributed by atoms with Gasteiger partial charge in [-0.05, 0) is 31.0 Å². The summed E-state index contributed by atoms with van der Waals surface area (Å²) in [5.41, 5.74) is 5.37. The zero-order valence-electron chi connectivity index (χ0n) is 22.5. The fourth-order valence-corrected chi connectivity index (χ4v) is 6.55. The first kappa shape index (κ1) is 32.6. The standard InChI is InChI=1S/C19H23N5O3S2.C6H8O7/c1-29(26,27)19-18(21-22-28-19)13-5-4-8-23(9-13)10-14-11-24(12-17(20)25)16-7-3-2-6-15(14)16;7-3(8)1-6(13,5(11)12)2-4(9)10/h2-3,6-7,11,13H,4-5,8-10,12H2,1H3,(H2,20,25);13H,1-2H2,(H,7,8)(H,9,10)(H,11,12). The van der Waals surface area contributed by atoms with Crippen molar-refractivity contribution in [3.63, 3.8) is 0 Å². The molecule has 1 unspecified atom stereocenters. The van der Waals surface area contributed by atoms with Crippen LogP contribution in [-0.4, -0.2) is 96.7 Å². The lowest BCUT2D eigenvalue weighted by Crippen LogP contribution is -2.42. The van der Waals surface area contributed by atoms with E-state index in [0.717, 1.165) is 53.9 Å². The number of sulfone groups is 1. The van der Waals surface area contributed by atoms with Crippen LogP contribution in [0.25, 0.3) is 10.9 Å². The van der Waals surface area contributed by atoms with Gasteiger partial charge in [0.25, 0.3) is 0 Å². The molecule has 1 aromatic carbocycles. The number of nitrogens with zero attached hydrogens (tertiary/aromatic N) is 4. The molecule has 1 amide bonds. The molecule has 2 aromatic heterocycles. The number of aliphatic hydroxyl groups is 1. The minimum Gasteiger partial charge on any atom is -0.481 e. The van der Waals surface area contributed by atoms with E-state index in [4.69, 9.17) is 26.2 Å². The zero-order chi connectivity index (χ0) is 31.2. The van der Waals surface area contributed by atoms with Crippen molar-refractivity contribution >= 4 is 56.1 Å². The van der Waals surface area contributed by atoms with Crippen molar-refractivity contribution in [2.75, 3.05) is 19.3 Å². The van der Waals surface area contributed by atoms with Gasteiger partial charge in [-0.15, -0.1) is 5.10 Å². The highest BCUT2D eigenvalue weighted by Crippen LogP contribution is 2.33. The highest BCUT2D eigenvalue weighted by molar-refractivity contribution is 7.92. The minimum absolute atomic E-state index is 0.0474. The second kappa shape index (κ2) is 13.4. The van der Waals surface area contributed by atoms with Gasteiger partial charge in [0.2, 0.25) is 5.91 Å².